The van der Waals surface area contributed by atoms with Crippen LogP contribution in [-0.2, 0) is 4.74 Å². The predicted molar refractivity (Wildman–Crippen MR) is 45.2 cm³/mol. The van der Waals surface area contributed by atoms with Gasteiger partial charge >= 0.3 is 0 Å². The van der Waals surface area contributed by atoms with Gasteiger partial charge in [-0.3, -0.25) is 0 Å². The molecule has 0 N–H and O–H groups in total. The molecule has 0 atom stereocenters. The number of allylic oxidation sites excluding steroid dienone is 1. The van der Waals surface area contributed by atoms with Crippen molar-refractivity contribution in [1.29, 1.82) is 0 Å². The number of hydrogen-bond donors (Lipinski definition) is 0. The molecule has 0 amide bonds. The summed E-state index contributed by atoms with van der Waals surface area (Å²) < 4.78 is 31.0. The Morgan fingerprint density at radius 1 is 1.25 bits per heavy atom. The van der Waals surface area contributed by atoms with Gasteiger partial charge in [0.05, 0.1) is 0 Å². The number of ether oxygens (including phenoxy) is 1. The zero-order valence-corrected chi connectivity index (χ0v) is 8.24. The maximum absolute atomic E-state index is 13.2. The van der Waals surface area contributed by atoms with Crippen molar-refractivity contribution in [3.05, 3.63) is 11.7 Å². The van der Waals surface area contributed by atoms with Crippen LogP contribution in [0.5, 0.6) is 0 Å². The van der Waals surface area contributed by atoms with E-state index >= 15 is 0 Å². The highest BCUT2D eigenvalue weighted by Crippen LogP contribution is 2.28. The Kier molecular flexibility index (Phi) is 3.84. The second kappa shape index (κ2) is 3.99. The molecule has 0 aromatic carbocycles. The quantitative estimate of drug-likeness (QED) is 0.644. The first-order valence-electron chi connectivity index (χ1n) is 3.93. The van der Waals surface area contributed by atoms with E-state index in [4.69, 9.17) is 4.74 Å². The van der Waals surface area contributed by atoms with Crippen LogP contribution in [0.1, 0.15) is 27.7 Å². The lowest BCUT2D eigenvalue weighted by molar-refractivity contribution is 0.0316. The van der Waals surface area contributed by atoms with Gasteiger partial charge in [-0.25, -0.2) is 8.78 Å². The van der Waals surface area contributed by atoms with E-state index < -0.39 is 23.2 Å². The van der Waals surface area contributed by atoms with Crippen molar-refractivity contribution in [3.8, 4) is 0 Å². The summed E-state index contributed by atoms with van der Waals surface area (Å²) in [7, 11) is 1.35. The van der Waals surface area contributed by atoms with Crippen LogP contribution in [-0.4, -0.2) is 12.7 Å². The zero-order chi connectivity index (χ0) is 9.94. The topological polar surface area (TPSA) is 9.23 Å². The fourth-order valence-corrected chi connectivity index (χ4v) is 0.631. The molecule has 0 aliphatic rings. The fourth-order valence-electron chi connectivity index (χ4n) is 0.631. The number of halogens is 2. The van der Waals surface area contributed by atoms with E-state index in [-0.39, 0.29) is 0 Å². The zero-order valence-electron chi connectivity index (χ0n) is 8.24. The minimum Gasteiger partial charge on any atom is -0.372 e. The molecule has 0 radical (unpaired) electrons. The molecule has 0 aromatic heterocycles. The highest BCUT2D eigenvalue weighted by atomic mass is 19.2. The van der Waals surface area contributed by atoms with Gasteiger partial charge in [0.15, 0.2) is 5.83 Å². The van der Waals surface area contributed by atoms with E-state index in [1.54, 1.807) is 13.8 Å². The van der Waals surface area contributed by atoms with E-state index in [0.717, 1.165) is 0 Å². The Labute approximate surface area is 72.4 Å². The van der Waals surface area contributed by atoms with Crippen LogP contribution >= 0.6 is 0 Å². The predicted octanol–water partition coefficient (Wildman–Crippen LogP) is 3.22. The van der Waals surface area contributed by atoms with Gasteiger partial charge in [-0.05, 0) is 13.8 Å². The van der Waals surface area contributed by atoms with Gasteiger partial charge in [-0.15, -0.1) is 0 Å². The maximum atomic E-state index is 13.2. The lowest BCUT2D eigenvalue weighted by Crippen LogP contribution is -2.24. The second-order valence-electron chi connectivity index (χ2n) is 3.53. The normalized spacial score (nSPS) is 15.0. The van der Waals surface area contributed by atoms with Gasteiger partial charge in [0.2, 0.25) is 0 Å². The second-order valence-corrected chi connectivity index (χ2v) is 3.53. The van der Waals surface area contributed by atoms with Crippen molar-refractivity contribution < 1.29 is 13.5 Å². The average Bonchev–Trinajstić information content (AvgIpc) is 2.01. The van der Waals surface area contributed by atoms with Crippen LogP contribution in [0.3, 0.4) is 0 Å². The Bertz CT molecular complexity index is 183. The first-order chi connectivity index (χ1) is 5.33. The summed E-state index contributed by atoms with van der Waals surface area (Å²) in [5.41, 5.74) is -1.16. The van der Waals surface area contributed by atoms with Crippen molar-refractivity contribution in [2.24, 2.45) is 5.92 Å². The highest BCUT2D eigenvalue weighted by molar-refractivity contribution is 5.12. The smallest absolute Gasteiger partial charge is 0.163 e. The first kappa shape index (κ1) is 11.6. The van der Waals surface area contributed by atoms with Crippen molar-refractivity contribution >= 4 is 0 Å². The molecular weight excluding hydrogens is 162 g/mol. The average molecular weight is 178 g/mol. The summed E-state index contributed by atoms with van der Waals surface area (Å²) in [6.07, 6.45) is 0. The van der Waals surface area contributed by atoms with Crippen molar-refractivity contribution in [2.45, 2.75) is 33.3 Å². The van der Waals surface area contributed by atoms with E-state index in [1.807, 2.05) is 0 Å². The van der Waals surface area contributed by atoms with Gasteiger partial charge in [0.1, 0.15) is 11.4 Å². The summed E-state index contributed by atoms with van der Waals surface area (Å²) in [5.74, 6) is -1.98. The molecule has 0 aliphatic heterocycles. The summed E-state index contributed by atoms with van der Waals surface area (Å²) in [4.78, 5) is 0. The highest BCUT2D eigenvalue weighted by Gasteiger charge is 2.27. The molecule has 0 saturated heterocycles. The van der Waals surface area contributed by atoms with Gasteiger partial charge in [-0.1, -0.05) is 13.8 Å². The van der Waals surface area contributed by atoms with Crippen LogP contribution < -0.4 is 0 Å². The molecular formula is C9H16F2O. The molecule has 0 unspecified atom stereocenters. The molecule has 0 aliphatic carbocycles. The maximum Gasteiger partial charge on any atom is 0.163 e. The Morgan fingerprint density at radius 2 is 1.67 bits per heavy atom. The van der Waals surface area contributed by atoms with E-state index in [9.17, 15) is 8.78 Å². The minimum absolute atomic E-state index is 0.431. The SMILES string of the molecule is COC(C)(C)C(F)=C(F)C(C)C. The summed E-state index contributed by atoms with van der Waals surface area (Å²) in [6, 6.07) is 0. The lowest BCUT2D eigenvalue weighted by atomic mass is 10.0. The molecule has 72 valence electrons. The third-order valence-electron chi connectivity index (χ3n) is 1.76. The molecule has 0 aromatic rings. The minimum atomic E-state index is -1.16. The third kappa shape index (κ3) is 2.55. The molecule has 0 rings (SSSR count). The van der Waals surface area contributed by atoms with Gasteiger partial charge < -0.3 is 4.74 Å². The Balaban J connectivity index is 4.77. The van der Waals surface area contributed by atoms with Crippen LogP contribution in [0.2, 0.25) is 0 Å². The molecule has 0 bridgehead atoms. The molecule has 0 spiro atoms. The number of rotatable bonds is 3. The molecule has 3 heteroatoms. The number of methoxy groups -OCH3 is 1. The third-order valence-corrected chi connectivity index (χ3v) is 1.76. The molecule has 1 nitrogen and oxygen atoms in total. The number of hydrogen-bond acceptors (Lipinski definition) is 1. The summed E-state index contributed by atoms with van der Waals surface area (Å²) in [6.45, 7) is 6.18. The van der Waals surface area contributed by atoms with Crippen LogP contribution in [0.4, 0.5) is 8.78 Å². The summed E-state index contributed by atoms with van der Waals surface area (Å²) >= 11 is 0. The van der Waals surface area contributed by atoms with Crippen LogP contribution in [0.15, 0.2) is 11.7 Å². The standard InChI is InChI=1S/C9H16F2O/c1-6(2)7(10)8(11)9(3,4)12-5/h6H,1-5H3. The molecule has 12 heavy (non-hydrogen) atoms. The van der Waals surface area contributed by atoms with E-state index in [2.05, 4.69) is 0 Å². The Morgan fingerprint density at radius 3 is 1.92 bits per heavy atom. The van der Waals surface area contributed by atoms with E-state index in [1.165, 1.54) is 21.0 Å². The molecule has 0 fully saturated rings. The first-order valence-corrected chi connectivity index (χ1v) is 3.93. The van der Waals surface area contributed by atoms with Crippen molar-refractivity contribution in [1.82, 2.24) is 0 Å². The fraction of sp³-hybridized carbons (Fsp3) is 0.778. The molecule has 0 saturated carbocycles. The van der Waals surface area contributed by atoms with E-state index in [0.29, 0.717) is 0 Å². The lowest BCUT2D eigenvalue weighted by Gasteiger charge is -2.21. The Hall–Kier alpha value is -0.440. The van der Waals surface area contributed by atoms with Gasteiger partial charge in [0.25, 0.3) is 0 Å². The van der Waals surface area contributed by atoms with Gasteiger partial charge in [-0.2, -0.15) is 0 Å². The molecule has 0 heterocycles. The summed E-state index contributed by atoms with van der Waals surface area (Å²) in [5, 5.41) is 0. The largest absolute Gasteiger partial charge is 0.372 e. The van der Waals surface area contributed by atoms with Crippen molar-refractivity contribution in [3.63, 3.8) is 0 Å². The van der Waals surface area contributed by atoms with Crippen LogP contribution in [0, 0.1) is 5.92 Å². The van der Waals surface area contributed by atoms with Crippen LogP contribution in [0.25, 0.3) is 0 Å². The monoisotopic (exact) mass is 178 g/mol. The van der Waals surface area contributed by atoms with Gasteiger partial charge in [0, 0.05) is 13.0 Å². The van der Waals surface area contributed by atoms with Crippen molar-refractivity contribution in [2.75, 3.05) is 7.11 Å².